The van der Waals surface area contributed by atoms with Gasteiger partial charge in [-0.05, 0) is 53.3 Å². The molecular formula is C21H30N4O. The highest BCUT2D eigenvalue weighted by Gasteiger charge is 2.38. The van der Waals surface area contributed by atoms with Crippen LogP contribution in [0, 0.1) is 20.8 Å². The Morgan fingerprint density at radius 2 is 1.81 bits per heavy atom. The van der Waals surface area contributed by atoms with Crippen LogP contribution >= 0.6 is 0 Å². The summed E-state index contributed by atoms with van der Waals surface area (Å²) in [5.74, 6) is 0.184. The molecule has 1 saturated carbocycles. The smallest absolute Gasteiger partial charge is 0.245 e. The van der Waals surface area contributed by atoms with Gasteiger partial charge < -0.3 is 4.90 Å². The van der Waals surface area contributed by atoms with Gasteiger partial charge in [0.05, 0.1) is 5.69 Å². The molecule has 0 aliphatic heterocycles. The van der Waals surface area contributed by atoms with Crippen LogP contribution in [0.1, 0.15) is 47.0 Å². The molecule has 0 spiro atoms. The Labute approximate surface area is 156 Å². The number of hydrogen-bond donors (Lipinski definition) is 0. The maximum Gasteiger partial charge on any atom is 0.245 e. The van der Waals surface area contributed by atoms with Crippen LogP contribution in [0.15, 0.2) is 24.3 Å². The van der Waals surface area contributed by atoms with Crippen LogP contribution in [0.3, 0.4) is 0 Å². The van der Waals surface area contributed by atoms with Crippen molar-refractivity contribution in [3.05, 3.63) is 52.3 Å². The predicted molar refractivity (Wildman–Crippen MR) is 104 cm³/mol. The van der Waals surface area contributed by atoms with Gasteiger partial charge in [0.15, 0.2) is 0 Å². The van der Waals surface area contributed by atoms with Crippen molar-refractivity contribution in [2.75, 3.05) is 14.1 Å². The fourth-order valence-electron chi connectivity index (χ4n) is 3.56. The van der Waals surface area contributed by atoms with Gasteiger partial charge in [0.1, 0.15) is 6.04 Å². The molecule has 1 fully saturated rings. The number of aryl methyl sites for hydroxylation is 3. The zero-order chi connectivity index (χ0) is 19.0. The van der Waals surface area contributed by atoms with E-state index in [9.17, 15) is 4.79 Å². The van der Waals surface area contributed by atoms with E-state index in [1.54, 1.807) is 0 Å². The van der Waals surface area contributed by atoms with Crippen molar-refractivity contribution in [1.82, 2.24) is 19.6 Å². The summed E-state index contributed by atoms with van der Waals surface area (Å²) in [6, 6.07) is 8.40. The number of benzene rings is 1. The van der Waals surface area contributed by atoms with Crippen LogP contribution in [0.5, 0.6) is 0 Å². The fraction of sp³-hybridized carbons (Fsp3) is 0.524. The Hall–Kier alpha value is -2.14. The van der Waals surface area contributed by atoms with Crippen molar-refractivity contribution >= 4 is 5.91 Å². The third-order valence-electron chi connectivity index (χ3n) is 5.40. The molecule has 0 N–H and O–H groups in total. The van der Waals surface area contributed by atoms with Crippen LogP contribution in [0.25, 0.3) is 0 Å². The van der Waals surface area contributed by atoms with Gasteiger partial charge in [0.2, 0.25) is 5.91 Å². The summed E-state index contributed by atoms with van der Waals surface area (Å²) in [6.07, 6.45) is 2.19. The van der Waals surface area contributed by atoms with Crippen LogP contribution in [-0.4, -0.2) is 45.6 Å². The first-order valence-corrected chi connectivity index (χ1v) is 9.32. The highest BCUT2D eigenvalue weighted by atomic mass is 16.2. The number of hydrogen-bond acceptors (Lipinski definition) is 3. The van der Waals surface area contributed by atoms with E-state index in [0.29, 0.717) is 12.6 Å². The number of nitrogens with zero attached hydrogens (tertiary/aromatic N) is 4. The van der Waals surface area contributed by atoms with E-state index in [1.807, 2.05) is 37.6 Å². The summed E-state index contributed by atoms with van der Waals surface area (Å²) in [6.45, 7) is 6.82. The van der Waals surface area contributed by atoms with E-state index in [-0.39, 0.29) is 11.9 Å². The Balaban J connectivity index is 1.90. The van der Waals surface area contributed by atoms with Crippen LogP contribution in [0.2, 0.25) is 0 Å². The topological polar surface area (TPSA) is 41.4 Å². The lowest BCUT2D eigenvalue weighted by Crippen LogP contribution is -2.41. The highest BCUT2D eigenvalue weighted by molar-refractivity contribution is 5.84. The molecule has 1 heterocycles. The third-order valence-corrected chi connectivity index (χ3v) is 5.40. The van der Waals surface area contributed by atoms with Crippen LogP contribution in [-0.2, 0) is 18.4 Å². The first-order chi connectivity index (χ1) is 12.3. The minimum absolute atomic E-state index is 0.184. The lowest BCUT2D eigenvalue weighted by Gasteiger charge is -2.31. The number of likely N-dealkylation sites (N-methyl/N-ethyl adjacent to an activating group) is 1. The standard InChI is InChI=1S/C21H30N4O/c1-14-7-9-17(10-8-14)20(23(4)5)21(26)25(18-11-12-18)13-19-15(2)22-24(6)16(19)3/h7-10,18,20H,11-13H2,1-6H3/t20-/m1/s1. The number of carbonyl (C=O) groups excluding carboxylic acids is 1. The quantitative estimate of drug-likeness (QED) is 0.800. The molecule has 3 rings (SSSR count). The zero-order valence-corrected chi connectivity index (χ0v) is 16.8. The molecule has 0 unspecified atom stereocenters. The maximum absolute atomic E-state index is 13.5. The van der Waals surface area contributed by atoms with Gasteiger partial charge in [0, 0.05) is 30.9 Å². The van der Waals surface area contributed by atoms with Crippen LogP contribution < -0.4 is 0 Å². The molecule has 1 atom stereocenters. The normalized spacial score (nSPS) is 15.3. The average Bonchev–Trinajstić information content (AvgIpc) is 3.37. The van der Waals surface area contributed by atoms with E-state index in [0.717, 1.165) is 29.8 Å². The van der Waals surface area contributed by atoms with E-state index < -0.39 is 0 Å². The van der Waals surface area contributed by atoms with Gasteiger partial charge in [-0.1, -0.05) is 29.8 Å². The Bertz CT molecular complexity index is 787. The molecule has 5 heteroatoms. The number of aromatic nitrogens is 2. The van der Waals surface area contributed by atoms with E-state index >= 15 is 0 Å². The number of amides is 1. The van der Waals surface area contributed by atoms with Gasteiger partial charge in [-0.25, -0.2) is 0 Å². The molecule has 0 saturated heterocycles. The monoisotopic (exact) mass is 354 g/mol. The number of carbonyl (C=O) groups is 1. The summed E-state index contributed by atoms with van der Waals surface area (Å²) >= 11 is 0. The van der Waals surface area contributed by atoms with Gasteiger partial charge in [-0.3, -0.25) is 14.4 Å². The van der Waals surface area contributed by atoms with Crippen LogP contribution in [0.4, 0.5) is 0 Å². The molecule has 26 heavy (non-hydrogen) atoms. The Morgan fingerprint density at radius 3 is 2.27 bits per heavy atom. The lowest BCUT2D eigenvalue weighted by molar-refractivity contribution is -0.137. The largest absolute Gasteiger partial charge is 0.334 e. The summed E-state index contributed by atoms with van der Waals surface area (Å²) in [7, 11) is 5.92. The van der Waals surface area contributed by atoms with Crippen molar-refractivity contribution in [1.29, 1.82) is 0 Å². The van der Waals surface area contributed by atoms with Gasteiger partial charge >= 0.3 is 0 Å². The summed E-state index contributed by atoms with van der Waals surface area (Å²) in [4.78, 5) is 17.6. The molecular weight excluding hydrogens is 324 g/mol. The molecule has 1 aromatic carbocycles. The SMILES string of the molecule is Cc1ccc([C@H](C(=O)N(Cc2c(C)nn(C)c2C)C2CC2)N(C)C)cc1. The Morgan fingerprint density at radius 1 is 1.19 bits per heavy atom. The van der Waals surface area contributed by atoms with Crippen molar-refractivity contribution in [3.8, 4) is 0 Å². The average molecular weight is 354 g/mol. The third kappa shape index (κ3) is 3.68. The van der Waals surface area contributed by atoms with Crippen molar-refractivity contribution < 1.29 is 4.79 Å². The van der Waals surface area contributed by atoms with E-state index in [2.05, 4.69) is 48.1 Å². The van der Waals surface area contributed by atoms with Crippen molar-refractivity contribution in [3.63, 3.8) is 0 Å². The van der Waals surface area contributed by atoms with Gasteiger partial charge in [-0.2, -0.15) is 5.10 Å². The molecule has 1 aromatic heterocycles. The highest BCUT2D eigenvalue weighted by Crippen LogP contribution is 2.33. The summed E-state index contributed by atoms with van der Waals surface area (Å²) < 4.78 is 1.91. The molecule has 0 radical (unpaired) electrons. The molecule has 1 aliphatic carbocycles. The molecule has 0 bridgehead atoms. The first kappa shape index (κ1) is 18.6. The van der Waals surface area contributed by atoms with Crippen molar-refractivity contribution in [2.45, 2.75) is 52.2 Å². The van der Waals surface area contributed by atoms with E-state index in [1.165, 1.54) is 11.1 Å². The minimum atomic E-state index is -0.256. The van der Waals surface area contributed by atoms with E-state index in [4.69, 9.17) is 0 Å². The van der Waals surface area contributed by atoms with Gasteiger partial charge in [0.25, 0.3) is 0 Å². The summed E-state index contributed by atoms with van der Waals surface area (Å²) in [5.41, 5.74) is 5.59. The second-order valence-corrected chi connectivity index (χ2v) is 7.75. The fourth-order valence-corrected chi connectivity index (χ4v) is 3.56. The minimum Gasteiger partial charge on any atom is -0.334 e. The molecule has 5 nitrogen and oxygen atoms in total. The maximum atomic E-state index is 13.5. The molecule has 2 aromatic rings. The molecule has 1 aliphatic rings. The Kier molecular flexibility index (Phi) is 5.19. The lowest BCUT2D eigenvalue weighted by atomic mass is 10.0. The molecule has 140 valence electrons. The first-order valence-electron chi connectivity index (χ1n) is 9.32. The molecule has 1 amide bonds. The predicted octanol–water partition coefficient (Wildman–Crippen LogP) is 3.14. The van der Waals surface area contributed by atoms with Gasteiger partial charge in [-0.15, -0.1) is 0 Å². The number of rotatable bonds is 6. The van der Waals surface area contributed by atoms with Crippen molar-refractivity contribution in [2.24, 2.45) is 7.05 Å². The zero-order valence-electron chi connectivity index (χ0n) is 16.8. The second-order valence-electron chi connectivity index (χ2n) is 7.75. The summed E-state index contributed by atoms with van der Waals surface area (Å²) in [5, 5.41) is 4.52. The second kappa shape index (κ2) is 7.23.